The van der Waals surface area contributed by atoms with Crippen molar-refractivity contribution in [1.29, 1.82) is 0 Å². The molecule has 0 saturated heterocycles. The zero-order valence-electron chi connectivity index (χ0n) is 9.66. The van der Waals surface area contributed by atoms with Gasteiger partial charge in [0.25, 0.3) is 0 Å². The number of carbonyl (C=O) groups is 2. The minimum atomic E-state index is -0.167. The van der Waals surface area contributed by atoms with E-state index in [0.29, 0.717) is 17.0 Å². The first-order valence-corrected chi connectivity index (χ1v) is 5.06. The molecule has 0 spiro atoms. The molecule has 0 aromatic heterocycles. The maximum absolute atomic E-state index is 11.0. The SMILES string of the molecule is CCc1c(NC(C)=O)cc(C=O)cc1OC. The van der Waals surface area contributed by atoms with Gasteiger partial charge in [0.05, 0.1) is 7.11 Å². The molecule has 0 heterocycles. The second kappa shape index (κ2) is 5.30. The molecule has 1 aromatic carbocycles. The van der Waals surface area contributed by atoms with Crippen molar-refractivity contribution in [2.75, 3.05) is 12.4 Å². The van der Waals surface area contributed by atoms with E-state index in [4.69, 9.17) is 4.74 Å². The lowest BCUT2D eigenvalue weighted by Crippen LogP contribution is -2.09. The fourth-order valence-electron chi connectivity index (χ4n) is 1.58. The van der Waals surface area contributed by atoms with Gasteiger partial charge in [0, 0.05) is 23.7 Å². The molecule has 1 aromatic rings. The summed E-state index contributed by atoms with van der Waals surface area (Å²) in [6.45, 7) is 3.39. The first kappa shape index (κ1) is 12.2. The minimum Gasteiger partial charge on any atom is -0.496 e. The number of amides is 1. The number of anilines is 1. The summed E-state index contributed by atoms with van der Waals surface area (Å²) in [5.41, 5.74) is 2.01. The molecule has 0 aliphatic heterocycles. The maximum atomic E-state index is 11.0. The van der Waals surface area contributed by atoms with Gasteiger partial charge < -0.3 is 10.1 Å². The molecule has 0 saturated carbocycles. The van der Waals surface area contributed by atoms with Gasteiger partial charge in [0.2, 0.25) is 5.91 Å². The quantitative estimate of drug-likeness (QED) is 0.791. The molecule has 1 N–H and O–H groups in total. The molecule has 1 rings (SSSR count). The van der Waals surface area contributed by atoms with E-state index in [1.807, 2.05) is 6.92 Å². The first-order valence-electron chi connectivity index (χ1n) is 5.06. The van der Waals surface area contributed by atoms with Crippen molar-refractivity contribution in [3.8, 4) is 5.75 Å². The number of aldehydes is 1. The van der Waals surface area contributed by atoms with Gasteiger partial charge in [0.15, 0.2) is 0 Å². The molecule has 86 valence electrons. The highest BCUT2D eigenvalue weighted by Crippen LogP contribution is 2.28. The van der Waals surface area contributed by atoms with E-state index >= 15 is 0 Å². The Morgan fingerprint density at radius 2 is 2.19 bits per heavy atom. The van der Waals surface area contributed by atoms with Crippen LogP contribution in [-0.2, 0) is 11.2 Å². The van der Waals surface area contributed by atoms with Crippen molar-refractivity contribution >= 4 is 17.9 Å². The molecular weight excluding hydrogens is 206 g/mol. The summed E-state index contributed by atoms with van der Waals surface area (Å²) in [7, 11) is 1.54. The zero-order valence-corrected chi connectivity index (χ0v) is 9.66. The Hall–Kier alpha value is -1.84. The van der Waals surface area contributed by atoms with E-state index < -0.39 is 0 Å². The van der Waals surface area contributed by atoms with E-state index in [9.17, 15) is 9.59 Å². The second-order valence-corrected chi connectivity index (χ2v) is 3.40. The molecule has 1 amide bonds. The number of hydrogen-bond acceptors (Lipinski definition) is 3. The number of hydrogen-bond donors (Lipinski definition) is 1. The van der Waals surface area contributed by atoms with Crippen LogP contribution in [0.15, 0.2) is 12.1 Å². The highest BCUT2D eigenvalue weighted by atomic mass is 16.5. The van der Waals surface area contributed by atoms with Crippen molar-refractivity contribution < 1.29 is 14.3 Å². The normalized spacial score (nSPS) is 9.69. The summed E-state index contributed by atoms with van der Waals surface area (Å²) in [6, 6.07) is 3.31. The number of nitrogens with one attached hydrogen (secondary N) is 1. The summed E-state index contributed by atoms with van der Waals surface area (Å²) in [4.78, 5) is 21.8. The van der Waals surface area contributed by atoms with Gasteiger partial charge >= 0.3 is 0 Å². The Labute approximate surface area is 94.6 Å². The van der Waals surface area contributed by atoms with Crippen LogP contribution >= 0.6 is 0 Å². The molecule has 0 unspecified atom stereocenters. The number of methoxy groups -OCH3 is 1. The predicted octanol–water partition coefficient (Wildman–Crippen LogP) is 2.03. The number of rotatable bonds is 4. The van der Waals surface area contributed by atoms with Crippen molar-refractivity contribution in [1.82, 2.24) is 0 Å². The summed E-state index contributed by atoms with van der Waals surface area (Å²) in [5.74, 6) is 0.454. The largest absolute Gasteiger partial charge is 0.496 e. The van der Waals surface area contributed by atoms with Gasteiger partial charge in [-0.2, -0.15) is 0 Å². The van der Waals surface area contributed by atoms with Crippen LogP contribution in [0.2, 0.25) is 0 Å². The number of ether oxygens (including phenoxy) is 1. The van der Waals surface area contributed by atoms with E-state index in [1.165, 1.54) is 6.92 Å². The molecule has 0 atom stereocenters. The Kier molecular flexibility index (Phi) is 4.05. The molecule has 4 heteroatoms. The smallest absolute Gasteiger partial charge is 0.221 e. The molecular formula is C12H15NO3. The van der Waals surface area contributed by atoms with Gasteiger partial charge in [0.1, 0.15) is 12.0 Å². The monoisotopic (exact) mass is 221 g/mol. The van der Waals surface area contributed by atoms with Crippen LogP contribution in [-0.4, -0.2) is 19.3 Å². The lowest BCUT2D eigenvalue weighted by atomic mass is 10.1. The molecule has 0 aliphatic carbocycles. The van der Waals surface area contributed by atoms with Gasteiger partial charge in [-0.05, 0) is 18.6 Å². The topological polar surface area (TPSA) is 55.4 Å². The van der Waals surface area contributed by atoms with Crippen LogP contribution in [0.3, 0.4) is 0 Å². The fourth-order valence-corrected chi connectivity index (χ4v) is 1.58. The highest BCUT2D eigenvalue weighted by molar-refractivity contribution is 5.91. The third-order valence-electron chi connectivity index (χ3n) is 2.25. The fraction of sp³-hybridized carbons (Fsp3) is 0.333. The summed E-state index contributed by atoms with van der Waals surface area (Å²) < 4.78 is 5.19. The standard InChI is InChI=1S/C12H15NO3/c1-4-10-11(13-8(2)15)5-9(7-14)6-12(10)16-3/h5-7H,4H2,1-3H3,(H,13,15). The molecule has 0 radical (unpaired) electrons. The first-order chi connectivity index (χ1) is 7.62. The van der Waals surface area contributed by atoms with Gasteiger partial charge in [-0.3, -0.25) is 9.59 Å². The van der Waals surface area contributed by atoms with Gasteiger partial charge in [-0.25, -0.2) is 0 Å². The molecule has 0 fully saturated rings. The van der Waals surface area contributed by atoms with Gasteiger partial charge in [-0.15, -0.1) is 0 Å². The van der Waals surface area contributed by atoms with E-state index in [2.05, 4.69) is 5.32 Å². The van der Waals surface area contributed by atoms with Crippen molar-refractivity contribution in [2.24, 2.45) is 0 Å². The van der Waals surface area contributed by atoms with E-state index in [-0.39, 0.29) is 5.91 Å². The van der Waals surface area contributed by atoms with Crippen LogP contribution in [0, 0.1) is 0 Å². The van der Waals surface area contributed by atoms with Crippen LogP contribution in [0.4, 0.5) is 5.69 Å². The van der Waals surface area contributed by atoms with Crippen LogP contribution in [0.25, 0.3) is 0 Å². The van der Waals surface area contributed by atoms with Crippen molar-refractivity contribution in [3.05, 3.63) is 23.3 Å². The summed E-state index contributed by atoms with van der Waals surface area (Å²) in [6.07, 6.45) is 1.45. The molecule has 0 bridgehead atoms. The number of carbonyl (C=O) groups excluding carboxylic acids is 2. The number of benzene rings is 1. The van der Waals surface area contributed by atoms with E-state index in [0.717, 1.165) is 18.3 Å². The minimum absolute atomic E-state index is 0.167. The Balaban J connectivity index is 3.30. The average molecular weight is 221 g/mol. The van der Waals surface area contributed by atoms with Crippen molar-refractivity contribution in [3.63, 3.8) is 0 Å². The third-order valence-corrected chi connectivity index (χ3v) is 2.25. The maximum Gasteiger partial charge on any atom is 0.221 e. The van der Waals surface area contributed by atoms with Gasteiger partial charge in [-0.1, -0.05) is 6.92 Å². The highest BCUT2D eigenvalue weighted by Gasteiger charge is 2.10. The molecule has 16 heavy (non-hydrogen) atoms. The van der Waals surface area contributed by atoms with Crippen LogP contribution in [0.1, 0.15) is 29.8 Å². The Morgan fingerprint density at radius 3 is 2.62 bits per heavy atom. The van der Waals surface area contributed by atoms with Crippen LogP contribution in [0.5, 0.6) is 5.75 Å². The lowest BCUT2D eigenvalue weighted by molar-refractivity contribution is -0.114. The second-order valence-electron chi connectivity index (χ2n) is 3.40. The average Bonchev–Trinajstić information content (AvgIpc) is 2.27. The van der Waals surface area contributed by atoms with Crippen molar-refractivity contribution in [2.45, 2.75) is 20.3 Å². The summed E-state index contributed by atoms with van der Waals surface area (Å²) in [5, 5.41) is 2.70. The molecule has 4 nitrogen and oxygen atoms in total. The Morgan fingerprint density at radius 1 is 1.50 bits per heavy atom. The third kappa shape index (κ3) is 2.59. The summed E-state index contributed by atoms with van der Waals surface area (Å²) >= 11 is 0. The van der Waals surface area contributed by atoms with E-state index in [1.54, 1.807) is 19.2 Å². The lowest BCUT2D eigenvalue weighted by Gasteiger charge is -2.13. The van der Waals surface area contributed by atoms with Crippen LogP contribution < -0.4 is 10.1 Å². The predicted molar refractivity (Wildman–Crippen MR) is 62.1 cm³/mol. The Bertz CT molecular complexity index is 413. The zero-order chi connectivity index (χ0) is 12.1. The molecule has 0 aliphatic rings.